The minimum Gasteiger partial charge on any atom is -0.493 e. The Morgan fingerprint density at radius 1 is 0.853 bits per heavy atom. The normalized spacial score (nSPS) is 11.4. The first-order chi connectivity index (χ1) is 16.3. The van der Waals surface area contributed by atoms with E-state index in [0.717, 1.165) is 12.3 Å². The Morgan fingerprint density at radius 2 is 1.59 bits per heavy atom. The molecule has 0 aliphatic heterocycles. The zero-order chi connectivity index (χ0) is 24.3. The van der Waals surface area contributed by atoms with Crippen LogP contribution in [0.25, 0.3) is 22.6 Å². The third-order valence-electron chi connectivity index (χ3n) is 4.86. The third-order valence-corrected chi connectivity index (χ3v) is 4.86. The van der Waals surface area contributed by atoms with Gasteiger partial charge in [0.1, 0.15) is 12.4 Å². The molecule has 0 spiro atoms. The summed E-state index contributed by atoms with van der Waals surface area (Å²) in [6.07, 6.45) is -0.748. The smallest absolute Gasteiger partial charge is 0.417 e. The number of halogens is 4. The monoisotopic (exact) mass is 474 g/mol. The molecule has 0 aliphatic carbocycles. The van der Waals surface area contributed by atoms with Crippen LogP contribution >= 0.6 is 0 Å². The van der Waals surface area contributed by atoms with Crippen LogP contribution in [0.5, 0.6) is 17.2 Å². The number of methoxy groups -OCH3 is 2. The SMILES string of the molecule is COc1cc(-c2cnc(-c3ccc(F)nc3)[nH]2)cc(OC)c1OCc1ccc(C(F)(F)F)cn1. The molecule has 0 saturated carbocycles. The molecule has 3 heterocycles. The largest absolute Gasteiger partial charge is 0.493 e. The van der Waals surface area contributed by atoms with Gasteiger partial charge in [0, 0.05) is 23.5 Å². The molecule has 0 saturated heterocycles. The molecule has 3 aromatic heterocycles. The van der Waals surface area contributed by atoms with E-state index in [4.69, 9.17) is 14.2 Å². The van der Waals surface area contributed by atoms with E-state index in [9.17, 15) is 17.6 Å². The molecule has 0 radical (unpaired) electrons. The zero-order valence-corrected chi connectivity index (χ0v) is 18.0. The highest BCUT2D eigenvalue weighted by molar-refractivity contribution is 5.70. The average molecular weight is 474 g/mol. The molecule has 4 rings (SSSR count). The predicted octanol–water partition coefficient (Wildman–Crippen LogP) is 5.29. The molecule has 0 amide bonds. The molecule has 0 unspecified atom stereocenters. The van der Waals surface area contributed by atoms with Gasteiger partial charge in [-0.2, -0.15) is 17.6 Å². The molecule has 7 nitrogen and oxygen atoms in total. The standard InChI is InChI=1S/C23H18F4N4O3/c1-32-18-7-14(17-11-30-22(31-17)13-3-6-20(24)29-9-13)8-19(33-2)21(18)34-12-16-5-4-15(10-28-16)23(25,26)27/h3-11H,12H2,1-2H3,(H,30,31). The summed E-state index contributed by atoms with van der Waals surface area (Å²) in [5.74, 6) is 0.834. The van der Waals surface area contributed by atoms with E-state index in [0.29, 0.717) is 39.8 Å². The van der Waals surface area contributed by atoms with Crippen LogP contribution in [0.15, 0.2) is 55.0 Å². The first-order valence-corrected chi connectivity index (χ1v) is 9.86. The van der Waals surface area contributed by atoms with Crippen LogP contribution in [0, 0.1) is 5.95 Å². The number of H-pyrrole nitrogens is 1. The first-order valence-electron chi connectivity index (χ1n) is 9.86. The lowest BCUT2D eigenvalue weighted by atomic mass is 10.1. The molecule has 1 N–H and O–H groups in total. The van der Waals surface area contributed by atoms with Crippen LogP contribution in [-0.4, -0.2) is 34.2 Å². The molecule has 34 heavy (non-hydrogen) atoms. The van der Waals surface area contributed by atoms with Crippen LogP contribution < -0.4 is 14.2 Å². The summed E-state index contributed by atoms with van der Waals surface area (Å²) in [4.78, 5) is 14.9. The van der Waals surface area contributed by atoms with Crippen LogP contribution in [0.1, 0.15) is 11.3 Å². The van der Waals surface area contributed by atoms with Gasteiger partial charge in [0.05, 0.1) is 37.4 Å². The molecule has 0 fully saturated rings. The number of hydrogen-bond acceptors (Lipinski definition) is 6. The number of nitrogens with zero attached hydrogens (tertiary/aromatic N) is 3. The van der Waals surface area contributed by atoms with Gasteiger partial charge in [-0.25, -0.2) is 9.97 Å². The highest BCUT2D eigenvalue weighted by Gasteiger charge is 2.30. The van der Waals surface area contributed by atoms with Crippen LogP contribution in [0.4, 0.5) is 17.6 Å². The molecule has 0 atom stereocenters. The second kappa shape index (κ2) is 9.38. The summed E-state index contributed by atoms with van der Waals surface area (Å²) in [5, 5.41) is 0. The van der Waals surface area contributed by atoms with Gasteiger partial charge in [0.2, 0.25) is 11.7 Å². The van der Waals surface area contributed by atoms with E-state index < -0.39 is 17.7 Å². The summed E-state index contributed by atoms with van der Waals surface area (Å²) < 4.78 is 67.9. The first kappa shape index (κ1) is 23.0. The van der Waals surface area contributed by atoms with E-state index >= 15 is 0 Å². The number of aromatic amines is 1. The van der Waals surface area contributed by atoms with Gasteiger partial charge in [-0.15, -0.1) is 0 Å². The predicted molar refractivity (Wildman–Crippen MR) is 114 cm³/mol. The van der Waals surface area contributed by atoms with Crippen molar-refractivity contribution in [1.29, 1.82) is 0 Å². The lowest BCUT2D eigenvalue weighted by Crippen LogP contribution is -2.07. The topological polar surface area (TPSA) is 82.2 Å². The van der Waals surface area contributed by atoms with Crippen LogP contribution in [-0.2, 0) is 12.8 Å². The highest BCUT2D eigenvalue weighted by atomic mass is 19.4. The van der Waals surface area contributed by atoms with Gasteiger partial charge in [-0.3, -0.25) is 4.98 Å². The summed E-state index contributed by atoms with van der Waals surface area (Å²) in [6.45, 7) is -0.101. The Kier molecular flexibility index (Phi) is 6.35. The van der Waals surface area contributed by atoms with Crippen molar-refractivity contribution in [1.82, 2.24) is 19.9 Å². The highest BCUT2D eigenvalue weighted by Crippen LogP contribution is 2.42. The maximum absolute atomic E-state index is 13.1. The third kappa shape index (κ3) is 4.92. The van der Waals surface area contributed by atoms with E-state index in [1.54, 1.807) is 24.4 Å². The maximum atomic E-state index is 13.1. The van der Waals surface area contributed by atoms with Crippen molar-refractivity contribution < 1.29 is 31.8 Å². The fraction of sp³-hybridized carbons (Fsp3) is 0.174. The van der Waals surface area contributed by atoms with Gasteiger partial charge in [-0.1, -0.05) is 0 Å². The van der Waals surface area contributed by atoms with Crippen LogP contribution in [0.2, 0.25) is 0 Å². The van der Waals surface area contributed by atoms with Gasteiger partial charge in [-0.05, 0) is 36.4 Å². The van der Waals surface area contributed by atoms with E-state index in [1.165, 1.54) is 32.5 Å². The lowest BCUT2D eigenvalue weighted by molar-refractivity contribution is -0.137. The minimum atomic E-state index is -4.46. The van der Waals surface area contributed by atoms with Gasteiger partial charge >= 0.3 is 6.18 Å². The van der Waals surface area contributed by atoms with Gasteiger partial charge in [0.25, 0.3) is 0 Å². The second-order valence-corrected chi connectivity index (χ2v) is 7.05. The number of ether oxygens (including phenoxy) is 3. The number of aromatic nitrogens is 4. The molecule has 0 bridgehead atoms. The Balaban J connectivity index is 1.58. The van der Waals surface area contributed by atoms with Gasteiger partial charge < -0.3 is 19.2 Å². The fourth-order valence-corrected chi connectivity index (χ4v) is 3.13. The molecule has 176 valence electrons. The van der Waals surface area contributed by atoms with Crippen molar-refractivity contribution in [3.63, 3.8) is 0 Å². The summed E-state index contributed by atoms with van der Waals surface area (Å²) in [6, 6.07) is 8.36. The van der Waals surface area contributed by atoms with Gasteiger partial charge in [0.15, 0.2) is 11.5 Å². The summed E-state index contributed by atoms with van der Waals surface area (Å²) >= 11 is 0. The minimum absolute atomic E-state index is 0.101. The van der Waals surface area contributed by atoms with Crippen molar-refractivity contribution >= 4 is 0 Å². The Labute approximate surface area is 191 Å². The Hall–Kier alpha value is -4.15. The van der Waals surface area contributed by atoms with E-state index in [-0.39, 0.29) is 12.4 Å². The number of nitrogens with one attached hydrogen (secondary N) is 1. The number of benzene rings is 1. The Bertz CT molecular complexity index is 1250. The molecule has 4 aromatic rings. The summed E-state index contributed by atoms with van der Waals surface area (Å²) in [7, 11) is 2.90. The van der Waals surface area contributed by atoms with Crippen molar-refractivity contribution in [2.75, 3.05) is 14.2 Å². The molecular weight excluding hydrogens is 456 g/mol. The Morgan fingerprint density at radius 3 is 2.15 bits per heavy atom. The summed E-state index contributed by atoms with van der Waals surface area (Å²) in [5.41, 5.74) is 1.36. The number of hydrogen-bond donors (Lipinski definition) is 1. The number of alkyl halides is 3. The maximum Gasteiger partial charge on any atom is 0.417 e. The number of rotatable bonds is 7. The molecular formula is C23H18F4N4O3. The van der Waals surface area contributed by atoms with E-state index in [1.807, 2.05) is 0 Å². The lowest BCUT2D eigenvalue weighted by Gasteiger charge is -2.16. The average Bonchev–Trinajstić information content (AvgIpc) is 3.32. The van der Waals surface area contributed by atoms with Crippen molar-refractivity contribution in [2.24, 2.45) is 0 Å². The van der Waals surface area contributed by atoms with Crippen LogP contribution in [0.3, 0.4) is 0 Å². The second-order valence-electron chi connectivity index (χ2n) is 7.05. The zero-order valence-electron chi connectivity index (χ0n) is 18.0. The quantitative estimate of drug-likeness (QED) is 0.290. The molecule has 11 heteroatoms. The van der Waals surface area contributed by atoms with Crippen molar-refractivity contribution in [2.45, 2.75) is 12.8 Å². The number of pyridine rings is 2. The molecule has 0 aliphatic rings. The molecule has 1 aromatic carbocycles. The van der Waals surface area contributed by atoms with E-state index in [2.05, 4.69) is 19.9 Å². The van der Waals surface area contributed by atoms with Crippen molar-refractivity contribution in [3.05, 3.63) is 72.2 Å². The fourth-order valence-electron chi connectivity index (χ4n) is 3.13. The number of imidazole rings is 1. The van der Waals surface area contributed by atoms with Crippen molar-refractivity contribution in [3.8, 4) is 39.9 Å².